The first-order valence-electron chi connectivity index (χ1n) is 7.76. The Morgan fingerprint density at radius 1 is 1.44 bits per heavy atom. The Hall–Kier alpha value is -2.70. The number of nitriles is 1. The van der Waals surface area contributed by atoms with Gasteiger partial charge in [0.1, 0.15) is 29.8 Å². The molecule has 1 aliphatic heterocycles. The number of nitrogens with zero attached hydrogens (tertiary/aromatic N) is 1. The molecule has 0 saturated carbocycles. The van der Waals surface area contributed by atoms with E-state index in [2.05, 4.69) is 27.9 Å². The molecule has 0 amide bonds. The summed E-state index contributed by atoms with van der Waals surface area (Å²) in [6.45, 7) is 0.0821. The molecule has 6 heteroatoms. The van der Waals surface area contributed by atoms with Crippen molar-refractivity contribution < 1.29 is 14.3 Å². The maximum atomic E-state index is 12.6. The number of carbonyl (C=O) groups excluding carboxylic acids is 1. The number of benzene rings is 1. The monoisotopic (exact) mass is 398 g/mol. The molecule has 2 aliphatic rings. The molecule has 1 aromatic carbocycles. The van der Waals surface area contributed by atoms with Gasteiger partial charge in [0.05, 0.1) is 5.92 Å². The van der Waals surface area contributed by atoms with Crippen LogP contribution in [-0.4, -0.2) is 12.4 Å². The number of halogens is 1. The minimum absolute atomic E-state index is 0.0313. The highest BCUT2D eigenvalue weighted by Gasteiger charge is 2.39. The molecule has 2 N–H and O–H groups in total. The van der Waals surface area contributed by atoms with Crippen molar-refractivity contribution in [2.45, 2.75) is 25.2 Å². The smallest absolute Gasteiger partial charge is 0.205 e. The summed E-state index contributed by atoms with van der Waals surface area (Å²) in [5.41, 5.74) is 7.32. The average Bonchev–Trinajstić information content (AvgIpc) is 2.59. The molecule has 1 aromatic rings. The van der Waals surface area contributed by atoms with Crippen LogP contribution >= 0.6 is 15.9 Å². The SMILES string of the molecule is C#CCOc1ccc(Br)cc1[C@H]1C(C#N)=C(N)OC2=C1C(=O)CCC2. The van der Waals surface area contributed by atoms with Gasteiger partial charge in [-0.05, 0) is 24.6 Å². The molecule has 1 aliphatic carbocycles. The van der Waals surface area contributed by atoms with Crippen LogP contribution in [-0.2, 0) is 9.53 Å². The number of terminal acetylenes is 1. The van der Waals surface area contributed by atoms with E-state index in [0.717, 1.165) is 4.47 Å². The lowest BCUT2D eigenvalue weighted by molar-refractivity contribution is -0.116. The third kappa shape index (κ3) is 3.14. The van der Waals surface area contributed by atoms with Gasteiger partial charge in [-0.1, -0.05) is 21.9 Å². The molecule has 3 rings (SSSR count). The Kier molecular flexibility index (Phi) is 4.83. The Labute approximate surface area is 154 Å². The summed E-state index contributed by atoms with van der Waals surface area (Å²) in [6.07, 6.45) is 7.04. The molecule has 5 nitrogen and oxygen atoms in total. The number of Topliss-reactive ketones (excluding diaryl/α,β-unsaturated/α-hetero) is 1. The number of hydrogen-bond acceptors (Lipinski definition) is 5. The quantitative estimate of drug-likeness (QED) is 0.789. The number of rotatable bonds is 3. The van der Waals surface area contributed by atoms with Crippen molar-refractivity contribution in [1.82, 2.24) is 0 Å². The van der Waals surface area contributed by atoms with Crippen molar-refractivity contribution in [3.8, 4) is 24.2 Å². The molecule has 25 heavy (non-hydrogen) atoms. The average molecular weight is 399 g/mol. The summed E-state index contributed by atoms with van der Waals surface area (Å²) in [7, 11) is 0. The minimum atomic E-state index is -0.619. The van der Waals surface area contributed by atoms with Crippen LogP contribution in [0.5, 0.6) is 5.75 Å². The van der Waals surface area contributed by atoms with Crippen LogP contribution in [0.2, 0.25) is 0 Å². The van der Waals surface area contributed by atoms with E-state index in [1.165, 1.54) is 0 Å². The molecule has 0 spiro atoms. The normalized spacial score (nSPS) is 19.6. The molecule has 1 heterocycles. The van der Waals surface area contributed by atoms with Crippen LogP contribution < -0.4 is 10.5 Å². The summed E-state index contributed by atoms with van der Waals surface area (Å²) in [6, 6.07) is 7.48. The molecule has 0 unspecified atom stereocenters. The highest BCUT2D eigenvalue weighted by Crippen LogP contribution is 2.46. The van der Waals surface area contributed by atoms with Crippen molar-refractivity contribution in [1.29, 1.82) is 5.26 Å². The van der Waals surface area contributed by atoms with Gasteiger partial charge in [-0.25, -0.2) is 0 Å². The Morgan fingerprint density at radius 2 is 2.24 bits per heavy atom. The number of hydrogen-bond donors (Lipinski definition) is 1. The zero-order valence-electron chi connectivity index (χ0n) is 13.3. The van der Waals surface area contributed by atoms with Crippen LogP contribution in [0.1, 0.15) is 30.7 Å². The number of carbonyl (C=O) groups is 1. The third-order valence-corrected chi connectivity index (χ3v) is 4.69. The fourth-order valence-corrected chi connectivity index (χ4v) is 3.54. The zero-order valence-corrected chi connectivity index (χ0v) is 14.9. The molecular weight excluding hydrogens is 384 g/mol. The zero-order chi connectivity index (χ0) is 18.0. The van der Waals surface area contributed by atoms with Crippen LogP contribution in [0.3, 0.4) is 0 Å². The molecule has 1 atom stereocenters. The predicted octanol–water partition coefficient (Wildman–Crippen LogP) is 3.28. The summed E-state index contributed by atoms with van der Waals surface area (Å²) < 4.78 is 12.0. The lowest BCUT2D eigenvalue weighted by Crippen LogP contribution is -2.27. The Balaban J connectivity index is 2.21. The Morgan fingerprint density at radius 3 is 2.96 bits per heavy atom. The molecule has 0 fully saturated rings. The third-order valence-electron chi connectivity index (χ3n) is 4.20. The number of nitrogens with two attached hydrogens (primary N) is 1. The topological polar surface area (TPSA) is 85.3 Å². The highest BCUT2D eigenvalue weighted by molar-refractivity contribution is 9.10. The molecule has 0 aromatic heterocycles. The van der Waals surface area contributed by atoms with Crippen LogP contribution in [0.15, 0.2) is 45.5 Å². The summed E-state index contributed by atoms with van der Waals surface area (Å²) >= 11 is 3.43. The van der Waals surface area contributed by atoms with Gasteiger partial charge in [-0.15, -0.1) is 6.42 Å². The van der Waals surface area contributed by atoms with Gasteiger partial charge in [-0.3, -0.25) is 4.79 Å². The largest absolute Gasteiger partial charge is 0.481 e. The van der Waals surface area contributed by atoms with E-state index in [-0.39, 0.29) is 23.8 Å². The van der Waals surface area contributed by atoms with E-state index < -0.39 is 5.92 Å². The molecule has 126 valence electrons. The second-order valence-corrected chi connectivity index (χ2v) is 6.63. The van der Waals surface area contributed by atoms with Gasteiger partial charge in [0, 0.05) is 28.5 Å². The number of allylic oxidation sites excluding steroid dienone is 3. The fourth-order valence-electron chi connectivity index (χ4n) is 3.16. The second kappa shape index (κ2) is 7.04. The van der Waals surface area contributed by atoms with Crippen molar-refractivity contribution >= 4 is 21.7 Å². The molecule has 0 saturated heterocycles. The highest BCUT2D eigenvalue weighted by atomic mass is 79.9. The lowest BCUT2D eigenvalue weighted by atomic mass is 9.77. The van der Waals surface area contributed by atoms with E-state index >= 15 is 0 Å². The van der Waals surface area contributed by atoms with E-state index in [4.69, 9.17) is 21.6 Å². The van der Waals surface area contributed by atoms with Crippen molar-refractivity contribution in [3.63, 3.8) is 0 Å². The lowest BCUT2D eigenvalue weighted by Gasteiger charge is -2.31. The molecule has 0 radical (unpaired) electrons. The summed E-state index contributed by atoms with van der Waals surface area (Å²) in [5, 5.41) is 9.62. The second-order valence-electron chi connectivity index (χ2n) is 5.71. The molecular formula is C19H15BrN2O3. The van der Waals surface area contributed by atoms with Gasteiger partial charge < -0.3 is 15.2 Å². The first-order valence-corrected chi connectivity index (χ1v) is 8.55. The molecule has 0 bridgehead atoms. The van der Waals surface area contributed by atoms with Gasteiger partial charge in [0.2, 0.25) is 5.88 Å². The maximum absolute atomic E-state index is 12.6. The van der Waals surface area contributed by atoms with E-state index in [1.54, 1.807) is 6.07 Å². The fraction of sp³-hybridized carbons (Fsp3) is 0.263. The van der Waals surface area contributed by atoms with E-state index in [1.807, 2.05) is 12.1 Å². The van der Waals surface area contributed by atoms with Crippen molar-refractivity contribution in [2.24, 2.45) is 5.73 Å². The van der Waals surface area contributed by atoms with Crippen molar-refractivity contribution in [2.75, 3.05) is 6.61 Å². The van der Waals surface area contributed by atoms with Crippen LogP contribution in [0.4, 0.5) is 0 Å². The van der Waals surface area contributed by atoms with Crippen LogP contribution in [0, 0.1) is 23.7 Å². The first kappa shape index (κ1) is 17.1. The number of ether oxygens (including phenoxy) is 2. The standard InChI is InChI=1S/C19H15BrN2O3/c1-2-8-24-15-7-6-11(20)9-12(15)17-13(10-21)19(22)25-16-5-3-4-14(23)18(16)17/h1,6-7,9,17H,3-5,8,22H2/t17-/m0/s1. The Bertz CT molecular complexity index is 887. The summed E-state index contributed by atoms with van der Waals surface area (Å²) in [4.78, 5) is 12.6. The predicted molar refractivity (Wildman–Crippen MR) is 95.0 cm³/mol. The van der Waals surface area contributed by atoms with Crippen molar-refractivity contribution in [3.05, 3.63) is 51.0 Å². The van der Waals surface area contributed by atoms with Crippen LogP contribution in [0.25, 0.3) is 0 Å². The minimum Gasteiger partial charge on any atom is -0.481 e. The van der Waals surface area contributed by atoms with Gasteiger partial charge in [0.15, 0.2) is 5.78 Å². The van der Waals surface area contributed by atoms with E-state index in [0.29, 0.717) is 41.9 Å². The number of ketones is 1. The van der Waals surface area contributed by atoms with Gasteiger partial charge >= 0.3 is 0 Å². The first-order chi connectivity index (χ1) is 12.1. The summed E-state index contributed by atoms with van der Waals surface area (Å²) in [5.74, 6) is 2.86. The van der Waals surface area contributed by atoms with Gasteiger partial charge in [-0.2, -0.15) is 5.26 Å². The van der Waals surface area contributed by atoms with E-state index in [9.17, 15) is 10.1 Å². The van der Waals surface area contributed by atoms with Gasteiger partial charge in [0.25, 0.3) is 0 Å². The maximum Gasteiger partial charge on any atom is 0.205 e.